The summed E-state index contributed by atoms with van der Waals surface area (Å²) in [5.41, 5.74) is 0. The molecule has 0 amide bonds. The average molecular weight is 270 g/mol. The molecule has 6 heteroatoms. The molecular formula is O4Rh2-8. The summed E-state index contributed by atoms with van der Waals surface area (Å²) in [5.74, 6) is 0. The molecule has 0 fully saturated rings. The zero-order chi connectivity index (χ0) is 0. The van der Waals surface area contributed by atoms with Crippen LogP contribution in [0.3, 0.4) is 0 Å². The Balaban J connectivity index is 0. The van der Waals surface area contributed by atoms with E-state index < -0.39 is 0 Å². The first-order chi connectivity index (χ1) is 0. The second-order valence-corrected chi connectivity index (χ2v) is 0. The second kappa shape index (κ2) is 133. The molecule has 0 saturated carbocycles. The van der Waals surface area contributed by atoms with Gasteiger partial charge in [0.15, 0.2) is 0 Å². The predicted molar refractivity (Wildman–Crippen MR) is 2.75 cm³/mol. The Labute approximate surface area is 61.1 Å². The van der Waals surface area contributed by atoms with Crippen molar-refractivity contribution in [2.75, 3.05) is 0 Å². The van der Waals surface area contributed by atoms with Gasteiger partial charge in [0.1, 0.15) is 0 Å². The minimum absolute atomic E-state index is 0. The smallest absolute Gasteiger partial charge is 0 e. The van der Waals surface area contributed by atoms with Crippen LogP contribution in [0.5, 0.6) is 0 Å². The van der Waals surface area contributed by atoms with Crippen molar-refractivity contribution in [2.45, 2.75) is 0 Å². The van der Waals surface area contributed by atoms with E-state index >= 15 is 0 Å². The van der Waals surface area contributed by atoms with Crippen LogP contribution in [0, 0.1) is 0 Å². The van der Waals surface area contributed by atoms with Gasteiger partial charge in [-0.1, -0.05) is 0 Å². The molecule has 0 bridgehead atoms. The summed E-state index contributed by atoms with van der Waals surface area (Å²) in [5, 5.41) is 0. The fourth-order valence-electron chi connectivity index (χ4n) is 0. The van der Waals surface area contributed by atoms with Crippen LogP contribution in [0.25, 0.3) is 0 Å². The molecule has 0 aromatic rings. The molecule has 0 spiro atoms. The summed E-state index contributed by atoms with van der Waals surface area (Å²) >= 11 is 0. The van der Waals surface area contributed by atoms with Gasteiger partial charge in [-0.05, 0) is 0 Å². The van der Waals surface area contributed by atoms with Crippen LogP contribution in [0.2, 0.25) is 0 Å². The molecule has 0 heterocycles. The number of rotatable bonds is 0. The molecular weight excluding hydrogens is 270 g/mol. The fourth-order valence-corrected chi connectivity index (χ4v) is 0. The maximum absolute atomic E-state index is 0. The maximum atomic E-state index is 0. The van der Waals surface area contributed by atoms with Crippen molar-refractivity contribution in [2.24, 2.45) is 0 Å². The summed E-state index contributed by atoms with van der Waals surface area (Å²) in [4.78, 5) is 0. The zero-order valence-corrected chi connectivity index (χ0v) is 5.58. The van der Waals surface area contributed by atoms with E-state index in [4.69, 9.17) is 0 Å². The van der Waals surface area contributed by atoms with Crippen LogP contribution >= 0.6 is 0 Å². The Morgan fingerprint density at radius 1 is 0.333 bits per heavy atom. The summed E-state index contributed by atoms with van der Waals surface area (Å²) in [6.07, 6.45) is 0. The molecule has 0 rings (SSSR count). The molecule has 50 valence electrons. The molecule has 0 aliphatic heterocycles. The third kappa shape index (κ3) is 71.9. The first-order valence-corrected chi connectivity index (χ1v) is 0. The van der Waals surface area contributed by atoms with Crippen molar-refractivity contribution in [3.8, 4) is 0 Å². The minimum atomic E-state index is 0. The van der Waals surface area contributed by atoms with Gasteiger partial charge in [0.05, 0.1) is 0 Å². The summed E-state index contributed by atoms with van der Waals surface area (Å²) < 4.78 is 0. The van der Waals surface area contributed by atoms with Crippen LogP contribution in [0.15, 0.2) is 0 Å². The van der Waals surface area contributed by atoms with Gasteiger partial charge in [0.2, 0.25) is 0 Å². The molecule has 0 aliphatic carbocycles. The number of hydrogen-bond acceptors (Lipinski definition) is 0. The van der Waals surface area contributed by atoms with Gasteiger partial charge in [-0.15, -0.1) is 0 Å². The third-order valence-electron chi connectivity index (χ3n) is 0. The van der Waals surface area contributed by atoms with E-state index in [1.807, 2.05) is 0 Å². The SMILES string of the molecule is [O-2].[O-2].[O-2].[O-2].[Rh].[Rh]. The van der Waals surface area contributed by atoms with E-state index in [1.54, 1.807) is 0 Å². The normalized spacial score (nSPS) is 0. The van der Waals surface area contributed by atoms with Crippen LogP contribution in [0.1, 0.15) is 0 Å². The average Bonchev–Trinajstić information content (AvgIpc) is 0. The van der Waals surface area contributed by atoms with E-state index in [1.165, 1.54) is 0 Å². The monoisotopic (exact) mass is 270 g/mol. The molecule has 0 unspecified atom stereocenters. The first kappa shape index (κ1) is 222. The number of hydrogen-bond donors (Lipinski definition) is 0. The van der Waals surface area contributed by atoms with Crippen LogP contribution in [-0.2, 0) is 60.9 Å². The molecule has 0 N–H and O–H groups in total. The van der Waals surface area contributed by atoms with Gasteiger partial charge in [0, 0.05) is 39.0 Å². The molecule has 4 nitrogen and oxygen atoms in total. The Morgan fingerprint density at radius 3 is 0.333 bits per heavy atom. The van der Waals surface area contributed by atoms with Gasteiger partial charge in [-0.25, -0.2) is 0 Å². The maximum Gasteiger partial charge on any atom is 0 e. The molecule has 0 aromatic carbocycles. The van der Waals surface area contributed by atoms with E-state index in [0.717, 1.165) is 0 Å². The van der Waals surface area contributed by atoms with Crippen molar-refractivity contribution >= 4 is 0 Å². The van der Waals surface area contributed by atoms with E-state index in [9.17, 15) is 0 Å². The van der Waals surface area contributed by atoms with Crippen molar-refractivity contribution in [3.05, 3.63) is 0 Å². The summed E-state index contributed by atoms with van der Waals surface area (Å²) in [6.45, 7) is 0. The van der Waals surface area contributed by atoms with Crippen molar-refractivity contribution in [3.63, 3.8) is 0 Å². The largest absolute Gasteiger partial charge is 2.00 e. The first-order valence-electron chi connectivity index (χ1n) is 0. The molecule has 6 heavy (non-hydrogen) atoms. The van der Waals surface area contributed by atoms with Crippen LogP contribution in [0.4, 0.5) is 0 Å². The molecule has 0 saturated heterocycles. The summed E-state index contributed by atoms with van der Waals surface area (Å²) in [6, 6.07) is 0. The van der Waals surface area contributed by atoms with Gasteiger partial charge in [-0.2, -0.15) is 0 Å². The second-order valence-electron chi connectivity index (χ2n) is 0. The third-order valence-corrected chi connectivity index (χ3v) is 0. The zero-order valence-electron chi connectivity index (χ0n) is 2.30. The molecule has 2 radical (unpaired) electrons. The Kier molecular flexibility index (Phi) is 4940. The van der Waals surface area contributed by atoms with E-state index in [0.29, 0.717) is 0 Å². The standard InChI is InChI=1S/4O.2Rh/q4*-2;;. The summed E-state index contributed by atoms with van der Waals surface area (Å²) in [7, 11) is 0. The van der Waals surface area contributed by atoms with Crippen molar-refractivity contribution in [1.82, 2.24) is 0 Å². The fraction of sp³-hybridized carbons (Fsp3) is 0. The van der Waals surface area contributed by atoms with Crippen molar-refractivity contribution in [1.29, 1.82) is 0 Å². The van der Waals surface area contributed by atoms with Gasteiger partial charge >= 0.3 is 0 Å². The van der Waals surface area contributed by atoms with Gasteiger partial charge < -0.3 is 21.9 Å². The van der Waals surface area contributed by atoms with Crippen LogP contribution in [-0.4, -0.2) is 0 Å². The van der Waals surface area contributed by atoms with Crippen molar-refractivity contribution < 1.29 is 60.9 Å². The van der Waals surface area contributed by atoms with Gasteiger partial charge in [0.25, 0.3) is 0 Å². The Hall–Kier alpha value is 1.09. The Bertz CT molecular complexity index is 5.51. The molecule has 0 aliphatic rings. The van der Waals surface area contributed by atoms with E-state index in [2.05, 4.69) is 0 Å². The topological polar surface area (TPSA) is 114 Å². The van der Waals surface area contributed by atoms with E-state index in [-0.39, 0.29) is 60.9 Å². The predicted octanol–water partition coefficient (Wildman–Crippen LogP) is -0.480. The molecule has 0 atom stereocenters. The Morgan fingerprint density at radius 2 is 0.333 bits per heavy atom. The van der Waals surface area contributed by atoms with Gasteiger partial charge in [-0.3, -0.25) is 0 Å². The minimum Gasteiger partial charge on any atom is -2.00 e. The molecule has 0 aromatic heterocycles. The van der Waals surface area contributed by atoms with Crippen LogP contribution < -0.4 is 0 Å². The quantitative estimate of drug-likeness (QED) is 0.529.